The highest BCUT2D eigenvalue weighted by Crippen LogP contribution is 2.14. The minimum atomic E-state index is -0.0800. The van der Waals surface area contributed by atoms with Gasteiger partial charge in [0.1, 0.15) is 6.29 Å². The number of benzene rings is 1. The topological polar surface area (TPSA) is 44.0 Å². The van der Waals surface area contributed by atoms with E-state index in [4.69, 9.17) is 0 Å². The molecule has 0 aliphatic heterocycles. The zero-order valence-corrected chi connectivity index (χ0v) is 9.67. The summed E-state index contributed by atoms with van der Waals surface area (Å²) in [6.45, 7) is 0. The summed E-state index contributed by atoms with van der Waals surface area (Å²) in [5.74, 6) is 0. The molecular weight excluding hydrogens is 216 g/mol. The van der Waals surface area contributed by atoms with Crippen LogP contribution in [0.25, 0.3) is 5.69 Å². The summed E-state index contributed by atoms with van der Waals surface area (Å²) in [4.78, 5) is 22.3. The van der Waals surface area contributed by atoms with Gasteiger partial charge in [-0.3, -0.25) is 4.57 Å². The molecule has 17 heavy (non-hydrogen) atoms. The molecule has 4 nitrogen and oxygen atoms in total. The molecule has 0 fully saturated rings. The number of aldehydes is 1. The van der Waals surface area contributed by atoms with Crippen molar-refractivity contribution >= 4 is 6.29 Å². The number of aromatic nitrogens is 2. The molecule has 2 rings (SSSR count). The zero-order chi connectivity index (χ0) is 12.3. The van der Waals surface area contributed by atoms with Crippen LogP contribution in [0.4, 0.5) is 0 Å². The molecule has 1 aromatic heterocycles. The second-order valence-corrected chi connectivity index (χ2v) is 3.90. The van der Waals surface area contributed by atoms with Crippen LogP contribution in [0, 0.1) is 0 Å². The molecule has 88 valence electrons. The number of imidazole rings is 1. The lowest BCUT2D eigenvalue weighted by atomic mass is 10.1. The summed E-state index contributed by atoms with van der Waals surface area (Å²) < 4.78 is 3.12. The first-order valence-corrected chi connectivity index (χ1v) is 5.50. The van der Waals surface area contributed by atoms with Gasteiger partial charge in [-0.15, -0.1) is 0 Å². The Kier molecular flexibility index (Phi) is 3.23. The SMILES string of the molecule is Cn1ccn(-c2ccccc2CCC=O)c1=O. The molecule has 0 atom stereocenters. The number of hydrogen-bond acceptors (Lipinski definition) is 2. The fourth-order valence-corrected chi connectivity index (χ4v) is 1.82. The van der Waals surface area contributed by atoms with Crippen LogP contribution in [0.15, 0.2) is 41.5 Å². The summed E-state index contributed by atoms with van der Waals surface area (Å²) in [6.07, 6.45) is 5.48. The van der Waals surface area contributed by atoms with Crippen LogP contribution in [-0.4, -0.2) is 15.4 Å². The van der Waals surface area contributed by atoms with Gasteiger partial charge in [-0.05, 0) is 18.1 Å². The van der Waals surface area contributed by atoms with Crippen LogP contribution in [0.2, 0.25) is 0 Å². The largest absolute Gasteiger partial charge is 0.332 e. The highest BCUT2D eigenvalue weighted by molar-refractivity contribution is 5.51. The highest BCUT2D eigenvalue weighted by atomic mass is 16.1. The molecule has 0 saturated heterocycles. The van der Waals surface area contributed by atoms with Crippen molar-refractivity contribution in [2.75, 3.05) is 0 Å². The smallest absolute Gasteiger partial charge is 0.303 e. The molecule has 2 aromatic rings. The van der Waals surface area contributed by atoms with Gasteiger partial charge >= 0.3 is 5.69 Å². The predicted octanol–water partition coefficient (Wildman–Crippen LogP) is 1.31. The van der Waals surface area contributed by atoms with Gasteiger partial charge in [-0.1, -0.05) is 18.2 Å². The van der Waals surface area contributed by atoms with Crippen LogP contribution in [0.3, 0.4) is 0 Å². The summed E-state index contributed by atoms with van der Waals surface area (Å²) in [5, 5.41) is 0. The summed E-state index contributed by atoms with van der Waals surface area (Å²) >= 11 is 0. The van der Waals surface area contributed by atoms with E-state index in [1.165, 1.54) is 4.57 Å². The van der Waals surface area contributed by atoms with Gasteiger partial charge in [-0.25, -0.2) is 4.79 Å². The summed E-state index contributed by atoms with van der Waals surface area (Å²) in [7, 11) is 1.72. The van der Waals surface area contributed by atoms with E-state index in [-0.39, 0.29) is 5.69 Å². The molecule has 0 aliphatic carbocycles. The third kappa shape index (κ3) is 2.20. The quantitative estimate of drug-likeness (QED) is 0.743. The molecule has 4 heteroatoms. The number of aryl methyl sites for hydroxylation is 2. The third-order valence-corrected chi connectivity index (χ3v) is 2.73. The standard InChI is InChI=1S/C13H14N2O2/c1-14-8-9-15(13(14)17)12-7-3-2-5-11(12)6-4-10-16/h2-3,5,7-10H,4,6H2,1H3. The van der Waals surface area contributed by atoms with Crippen LogP contribution in [0.5, 0.6) is 0 Å². The molecule has 0 aliphatic rings. The van der Waals surface area contributed by atoms with Crippen LogP contribution in [0.1, 0.15) is 12.0 Å². The molecular formula is C13H14N2O2. The Hall–Kier alpha value is -2.10. The fraction of sp³-hybridized carbons (Fsp3) is 0.231. The zero-order valence-electron chi connectivity index (χ0n) is 9.67. The van der Waals surface area contributed by atoms with Gasteiger partial charge in [0.2, 0.25) is 0 Å². The van der Waals surface area contributed by atoms with Gasteiger partial charge in [0.15, 0.2) is 0 Å². The van der Waals surface area contributed by atoms with E-state index in [1.807, 2.05) is 24.3 Å². The maximum absolute atomic E-state index is 11.9. The van der Waals surface area contributed by atoms with Crippen molar-refractivity contribution in [3.05, 3.63) is 52.7 Å². The monoisotopic (exact) mass is 230 g/mol. The fourth-order valence-electron chi connectivity index (χ4n) is 1.82. The van der Waals surface area contributed by atoms with E-state index >= 15 is 0 Å². The molecule has 0 N–H and O–H groups in total. The van der Waals surface area contributed by atoms with Crippen molar-refractivity contribution in [2.45, 2.75) is 12.8 Å². The number of para-hydroxylation sites is 1. The molecule has 0 bridgehead atoms. The molecule has 0 amide bonds. The molecule has 1 heterocycles. The van der Waals surface area contributed by atoms with E-state index in [1.54, 1.807) is 24.0 Å². The Morgan fingerprint density at radius 1 is 1.24 bits per heavy atom. The van der Waals surface area contributed by atoms with Gasteiger partial charge in [0, 0.05) is 25.9 Å². The maximum Gasteiger partial charge on any atom is 0.332 e. The second-order valence-electron chi connectivity index (χ2n) is 3.90. The average molecular weight is 230 g/mol. The van der Waals surface area contributed by atoms with Crippen molar-refractivity contribution < 1.29 is 4.79 Å². The molecule has 0 saturated carbocycles. The summed E-state index contributed by atoms with van der Waals surface area (Å²) in [5.41, 5.74) is 1.77. The maximum atomic E-state index is 11.9. The Morgan fingerprint density at radius 2 is 2.00 bits per heavy atom. The Balaban J connectivity index is 2.48. The average Bonchev–Trinajstić information content (AvgIpc) is 2.68. The lowest BCUT2D eigenvalue weighted by Gasteiger charge is -2.07. The van der Waals surface area contributed by atoms with Gasteiger partial charge in [-0.2, -0.15) is 0 Å². The van der Waals surface area contributed by atoms with Gasteiger partial charge in [0.25, 0.3) is 0 Å². The highest BCUT2D eigenvalue weighted by Gasteiger charge is 2.07. The van der Waals surface area contributed by atoms with E-state index in [0.717, 1.165) is 17.5 Å². The lowest BCUT2D eigenvalue weighted by Crippen LogP contribution is -2.21. The number of carbonyl (C=O) groups is 1. The second kappa shape index (κ2) is 4.82. The van der Waals surface area contributed by atoms with Crippen molar-refractivity contribution in [3.63, 3.8) is 0 Å². The van der Waals surface area contributed by atoms with Crippen molar-refractivity contribution in [1.29, 1.82) is 0 Å². The normalized spacial score (nSPS) is 10.4. The minimum Gasteiger partial charge on any atom is -0.303 e. The van der Waals surface area contributed by atoms with Gasteiger partial charge < -0.3 is 9.36 Å². The van der Waals surface area contributed by atoms with Crippen LogP contribution >= 0.6 is 0 Å². The Morgan fingerprint density at radius 3 is 2.65 bits per heavy atom. The molecule has 0 radical (unpaired) electrons. The van der Waals surface area contributed by atoms with E-state index in [9.17, 15) is 9.59 Å². The van der Waals surface area contributed by atoms with Gasteiger partial charge in [0.05, 0.1) is 5.69 Å². The number of carbonyl (C=O) groups excluding carboxylic acids is 1. The molecule has 0 spiro atoms. The predicted molar refractivity (Wildman–Crippen MR) is 65.4 cm³/mol. The third-order valence-electron chi connectivity index (χ3n) is 2.73. The minimum absolute atomic E-state index is 0.0800. The Bertz CT molecular complexity index is 581. The van der Waals surface area contributed by atoms with Crippen molar-refractivity contribution in [3.8, 4) is 5.69 Å². The number of hydrogen-bond donors (Lipinski definition) is 0. The van der Waals surface area contributed by atoms with E-state index < -0.39 is 0 Å². The number of rotatable bonds is 4. The van der Waals surface area contributed by atoms with Crippen LogP contribution < -0.4 is 5.69 Å². The first-order chi connectivity index (χ1) is 8.24. The van der Waals surface area contributed by atoms with E-state index in [0.29, 0.717) is 12.8 Å². The summed E-state index contributed by atoms with van der Waals surface area (Å²) in [6, 6.07) is 7.64. The Labute approximate surface area is 99.1 Å². The van der Waals surface area contributed by atoms with Crippen molar-refractivity contribution in [2.24, 2.45) is 7.05 Å². The first kappa shape index (κ1) is 11.4. The molecule has 1 aromatic carbocycles. The van der Waals surface area contributed by atoms with Crippen molar-refractivity contribution in [1.82, 2.24) is 9.13 Å². The molecule has 0 unspecified atom stereocenters. The lowest BCUT2D eigenvalue weighted by molar-refractivity contribution is -0.107. The number of nitrogens with zero attached hydrogens (tertiary/aromatic N) is 2. The van der Waals surface area contributed by atoms with Crippen LogP contribution in [-0.2, 0) is 18.3 Å². The van der Waals surface area contributed by atoms with E-state index in [2.05, 4.69) is 0 Å². The first-order valence-electron chi connectivity index (χ1n) is 5.50.